The zero-order valence-electron chi connectivity index (χ0n) is 9.25. The number of aliphatic carboxylic acids is 1. The molecule has 0 amide bonds. The number of halogens is 1. The number of carboxylic acids is 1. The molecular weight excluding hydrogens is 228 g/mol. The predicted molar refractivity (Wildman–Crippen MR) is 65.7 cm³/mol. The highest BCUT2D eigenvalue weighted by molar-refractivity contribution is 6.35. The first-order valence-corrected chi connectivity index (χ1v) is 5.30. The van der Waals surface area contributed by atoms with Gasteiger partial charge in [-0.3, -0.25) is 4.79 Å². The summed E-state index contributed by atoms with van der Waals surface area (Å²) in [6.07, 6.45) is -0.0981. The Morgan fingerprint density at radius 3 is 2.50 bits per heavy atom. The van der Waals surface area contributed by atoms with E-state index in [0.717, 1.165) is 5.56 Å². The van der Waals surface area contributed by atoms with Crippen LogP contribution in [0.4, 0.5) is 11.4 Å². The van der Waals surface area contributed by atoms with Crippen molar-refractivity contribution in [3.05, 3.63) is 22.2 Å². The first-order chi connectivity index (χ1) is 7.34. The van der Waals surface area contributed by atoms with Crippen LogP contribution in [0.15, 0.2) is 6.07 Å². The molecule has 1 aromatic rings. The average Bonchev–Trinajstić information content (AvgIpc) is 2.12. The van der Waals surface area contributed by atoms with E-state index >= 15 is 0 Å². The zero-order valence-corrected chi connectivity index (χ0v) is 10.0. The van der Waals surface area contributed by atoms with Crippen molar-refractivity contribution in [2.75, 3.05) is 11.5 Å². The predicted octanol–water partition coefficient (Wildman–Crippen LogP) is 2.25. The normalized spacial score (nSPS) is 10.8. The van der Waals surface area contributed by atoms with Crippen LogP contribution in [0, 0.1) is 0 Å². The standard InChI is InChI=1S/C11H15ClN2O2/c1-5(2)9-6(4-8(15)16)3-7(13)10(12)11(9)14/h3,5H,4,13-14H2,1-2H3,(H,15,16). The van der Waals surface area contributed by atoms with E-state index in [2.05, 4.69) is 0 Å². The Morgan fingerprint density at radius 1 is 1.50 bits per heavy atom. The lowest BCUT2D eigenvalue weighted by Gasteiger charge is -2.17. The average molecular weight is 243 g/mol. The van der Waals surface area contributed by atoms with Crippen LogP contribution < -0.4 is 11.5 Å². The number of anilines is 2. The van der Waals surface area contributed by atoms with Gasteiger partial charge in [0.15, 0.2) is 0 Å². The van der Waals surface area contributed by atoms with Gasteiger partial charge in [0.2, 0.25) is 0 Å². The van der Waals surface area contributed by atoms with Gasteiger partial charge in [0.1, 0.15) is 0 Å². The number of nitrogen functional groups attached to an aromatic ring is 2. The summed E-state index contributed by atoms with van der Waals surface area (Å²) < 4.78 is 0. The monoisotopic (exact) mass is 242 g/mol. The van der Waals surface area contributed by atoms with Gasteiger partial charge in [0.05, 0.1) is 22.8 Å². The van der Waals surface area contributed by atoms with Crippen molar-refractivity contribution >= 4 is 28.9 Å². The second kappa shape index (κ2) is 4.61. The van der Waals surface area contributed by atoms with E-state index in [1.54, 1.807) is 6.07 Å². The fourth-order valence-corrected chi connectivity index (χ4v) is 1.92. The summed E-state index contributed by atoms with van der Waals surface area (Å²) in [6.45, 7) is 3.87. The van der Waals surface area contributed by atoms with Crippen LogP contribution >= 0.6 is 11.6 Å². The zero-order chi connectivity index (χ0) is 12.5. The summed E-state index contributed by atoms with van der Waals surface area (Å²) in [4.78, 5) is 10.7. The van der Waals surface area contributed by atoms with Crippen LogP contribution in [-0.4, -0.2) is 11.1 Å². The van der Waals surface area contributed by atoms with Crippen LogP contribution in [0.1, 0.15) is 30.9 Å². The molecule has 0 aliphatic rings. The van der Waals surface area contributed by atoms with Crippen LogP contribution in [0.25, 0.3) is 0 Å². The van der Waals surface area contributed by atoms with Gasteiger partial charge in [-0.25, -0.2) is 0 Å². The summed E-state index contributed by atoms with van der Waals surface area (Å²) >= 11 is 5.94. The molecule has 0 atom stereocenters. The van der Waals surface area contributed by atoms with Crippen molar-refractivity contribution in [2.24, 2.45) is 0 Å². The van der Waals surface area contributed by atoms with Crippen molar-refractivity contribution in [1.82, 2.24) is 0 Å². The number of carboxylic acid groups (broad SMARTS) is 1. The summed E-state index contributed by atoms with van der Waals surface area (Å²) in [6, 6.07) is 1.59. The van der Waals surface area contributed by atoms with Gasteiger partial charge in [-0.05, 0) is 23.1 Å². The quantitative estimate of drug-likeness (QED) is 0.710. The van der Waals surface area contributed by atoms with Gasteiger partial charge < -0.3 is 16.6 Å². The van der Waals surface area contributed by atoms with Gasteiger partial charge in [0.25, 0.3) is 0 Å². The highest BCUT2D eigenvalue weighted by Gasteiger charge is 2.17. The molecule has 0 saturated carbocycles. The topological polar surface area (TPSA) is 89.3 Å². The van der Waals surface area contributed by atoms with E-state index in [-0.39, 0.29) is 12.3 Å². The van der Waals surface area contributed by atoms with Crippen molar-refractivity contribution < 1.29 is 9.90 Å². The lowest BCUT2D eigenvalue weighted by atomic mass is 9.93. The Hall–Kier alpha value is -1.42. The summed E-state index contributed by atoms with van der Waals surface area (Å²) in [5.41, 5.74) is 13.6. The first kappa shape index (κ1) is 12.6. The minimum Gasteiger partial charge on any atom is -0.481 e. The molecule has 0 heterocycles. The Labute approximate surface area is 99.2 Å². The molecule has 5 heteroatoms. The largest absolute Gasteiger partial charge is 0.481 e. The van der Waals surface area contributed by atoms with Crippen molar-refractivity contribution in [3.8, 4) is 0 Å². The fourth-order valence-electron chi connectivity index (χ4n) is 1.77. The van der Waals surface area contributed by atoms with E-state index in [0.29, 0.717) is 22.0 Å². The van der Waals surface area contributed by atoms with Gasteiger partial charge in [-0.1, -0.05) is 25.4 Å². The molecule has 16 heavy (non-hydrogen) atoms. The second-order valence-corrected chi connectivity index (χ2v) is 4.37. The maximum Gasteiger partial charge on any atom is 0.307 e. The minimum atomic E-state index is -0.914. The Kier molecular flexibility index (Phi) is 3.65. The molecule has 0 radical (unpaired) electrons. The number of carbonyl (C=O) groups is 1. The van der Waals surface area contributed by atoms with Crippen molar-refractivity contribution in [1.29, 1.82) is 0 Å². The molecule has 0 aliphatic heterocycles. The molecule has 0 spiro atoms. The second-order valence-electron chi connectivity index (χ2n) is 3.99. The highest BCUT2D eigenvalue weighted by Crippen LogP contribution is 2.36. The number of hydrogen-bond acceptors (Lipinski definition) is 3. The molecule has 0 aliphatic carbocycles. The molecule has 5 N–H and O–H groups in total. The number of rotatable bonds is 3. The van der Waals surface area contributed by atoms with Crippen LogP contribution in [-0.2, 0) is 11.2 Å². The van der Waals surface area contributed by atoms with E-state index in [1.165, 1.54) is 0 Å². The van der Waals surface area contributed by atoms with Gasteiger partial charge >= 0.3 is 5.97 Å². The number of hydrogen-bond donors (Lipinski definition) is 3. The number of nitrogens with two attached hydrogens (primary N) is 2. The highest BCUT2D eigenvalue weighted by atomic mass is 35.5. The maximum atomic E-state index is 10.7. The first-order valence-electron chi connectivity index (χ1n) is 4.92. The molecule has 0 fully saturated rings. The fraction of sp³-hybridized carbons (Fsp3) is 0.364. The summed E-state index contributed by atoms with van der Waals surface area (Å²) in [5.74, 6) is -0.810. The van der Waals surface area contributed by atoms with E-state index in [4.69, 9.17) is 28.2 Å². The van der Waals surface area contributed by atoms with E-state index in [1.807, 2.05) is 13.8 Å². The minimum absolute atomic E-state index is 0.0981. The molecular formula is C11H15ClN2O2. The third kappa shape index (κ3) is 2.39. The molecule has 1 rings (SSSR count). The molecule has 4 nitrogen and oxygen atoms in total. The number of benzene rings is 1. The van der Waals surface area contributed by atoms with Crippen molar-refractivity contribution in [2.45, 2.75) is 26.2 Å². The van der Waals surface area contributed by atoms with Crippen LogP contribution in [0.2, 0.25) is 5.02 Å². The molecule has 0 bridgehead atoms. The molecule has 0 aromatic heterocycles. The third-order valence-electron chi connectivity index (χ3n) is 2.37. The molecule has 0 saturated heterocycles. The lowest BCUT2D eigenvalue weighted by molar-refractivity contribution is -0.136. The lowest BCUT2D eigenvalue weighted by Crippen LogP contribution is -2.09. The summed E-state index contributed by atoms with van der Waals surface area (Å²) in [5, 5.41) is 9.11. The summed E-state index contributed by atoms with van der Waals surface area (Å²) in [7, 11) is 0. The molecule has 0 unspecified atom stereocenters. The van der Waals surface area contributed by atoms with E-state index < -0.39 is 5.97 Å². The van der Waals surface area contributed by atoms with Crippen LogP contribution in [0.5, 0.6) is 0 Å². The third-order valence-corrected chi connectivity index (χ3v) is 2.80. The molecule has 88 valence electrons. The Balaban J connectivity index is 3.40. The maximum absolute atomic E-state index is 10.7. The van der Waals surface area contributed by atoms with Crippen LogP contribution in [0.3, 0.4) is 0 Å². The molecule has 1 aromatic carbocycles. The smallest absolute Gasteiger partial charge is 0.307 e. The van der Waals surface area contributed by atoms with Gasteiger partial charge in [-0.15, -0.1) is 0 Å². The van der Waals surface area contributed by atoms with Gasteiger partial charge in [0, 0.05) is 0 Å². The Bertz CT molecular complexity index is 430. The SMILES string of the molecule is CC(C)c1c(CC(=O)O)cc(N)c(Cl)c1N. The Morgan fingerprint density at radius 2 is 2.06 bits per heavy atom. The van der Waals surface area contributed by atoms with E-state index in [9.17, 15) is 4.79 Å². The van der Waals surface area contributed by atoms with Crippen molar-refractivity contribution in [3.63, 3.8) is 0 Å². The van der Waals surface area contributed by atoms with Gasteiger partial charge in [-0.2, -0.15) is 0 Å².